The molecule has 0 spiro atoms. The molecule has 0 radical (unpaired) electrons. The van der Waals surface area contributed by atoms with Crippen LogP contribution in [0, 0.1) is 6.92 Å². The van der Waals surface area contributed by atoms with Crippen LogP contribution in [-0.2, 0) is 0 Å². The van der Waals surface area contributed by atoms with Crippen LogP contribution in [0.4, 0.5) is 5.82 Å². The van der Waals surface area contributed by atoms with Crippen molar-refractivity contribution in [2.24, 2.45) is 0 Å². The van der Waals surface area contributed by atoms with Gasteiger partial charge in [0.25, 0.3) is 0 Å². The van der Waals surface area contributed by atoms with Gasteiger partial charge in [-0.15, -0.1) is 0 Å². The highest BCUT2D eigenvalue weighted by Gasteiger charge is 2.02. The molecule has 1 rings (SSSR count). The first-order valence-electron chi connectivity index (χ1n) is 5.12. The van der Waals surface area contributed by atoms with E-state index in [0.717, 1.165) is 12.2 Å². The summed E-state index contributed by atoms with van der Waals surface area (Å²) in [6, 6.07) is 4.30. The molecule has 1 aromatic rings. The van der Waals surface area contributed by atoms with Crippen molar-refractivity contribution in [3.8, 4) is 0 Å². The van der Waals surface area contributed by atoms with Gasteiger partial charge in [0.2, 0.25) is 0 Å². The maximum atomic E-state index is 5.16. The van der Waals surface area contributed by atoms with Crippen molar-refractivity contribution in [1.82, 2.24) is 10.3 Å². The first-order valence-corrected chi connectivity index (χ1v) is 5.52. The van der Waals surface area contributed by atoms with E-state index in [0.29, 0.717) is 11.2 Å². The van der Waals surface area contributed by atoms with Gasteiger partial charge in [0.15, 0.2) is 5.11 Å². The number of anilines is 1. The molecule has 2 N–H and O–H groups in total. The molecular weight excluding hydrogens is 206 g/mol. The Balaban J connectivity index is 2.51. The lowest BCUT2D eigenvalue weighted by atomic mass is 10.3. The zero-order valence-corrected chi connectivity index (χ0v) is 10.2. The molecule has 4 heteroatoms. The van der Waals surface area contributed by atoms with Crippen molar-refractivity contribution in [1.29, 1.82) is 0 Å². The van der Waals surface area contributed by atoms with Crippen LogP contribution in [0.1, 0.15) is 25.8 Å². The fourth-order valence-electron chi connectivity index (χ4n) is 1.08. The summed E-state index contributed by atoms with van der Waals surface area (Å²) in [6.07, 6.45) is 2.81. The topological polar surface area (TPSA) is 37.0 Å². The Hall–Kier alpha value is -1.16. The van der Waals surface area contributed by atoms with Gasteiger partial charge < -0.3 is 10.6 Å². The molecule has 82 valence electrons. The third kappa shape index (κ3) is 4.25. The van der Waals surface area contributed by atoms with E-state index >= 15 is 0 Å². The van der Waals surface area contributed by atoms with E-state index in [9.17, 15) is 0 Å². The highest BCUT2D eigenvalue weighted by atomic mass is 32.1. The number of hydrogen-bond donors (Lipinski definition) is 2. The quantitative estimate of drug-likeness (QED) is 0.772. The number of rotatable bonds is 3. The third-order valence-corrected chi connectivity index (χ3v) is 2.37. The van der Waals surface area contributed by atoms with E-state index in [1.165, 1.54) is 5.56 Å². The van der Waals surface area contributed by atoms with Crippen LogP contribution in [0.5, 0.6) is 0 Å². The molecule has 0 aliphatic carbocycles. The molecule has 15 heavy (non-hydrogen) atoms. The zero-order chi connectivity index (χ0) is 11.3. The van der Waals surface area contributed by atoms with Gasteiger partial charge in [-0.1, -0.05) is 6.92 Å². The van der Waals surface area contributed by atoms with E-state index in [1.807, 2.05) is 19.1 Å². The molecule has 0 saturated heterocycles. The zero-order valence-electron chi connectivity index (χ0n) is 9.37. The van der Waals surface area contributed by atoms with Gasteiger partial charge in [0.1, 0.15) is 5.82 Å². The molecule has 3 nitrogen and oxygen atoms in total. The van der Waals surface area contributed by atoms with Crippen molar-refractivity contribution >= 4 is 23.1 Å². The van der Waals surface area contributed by atoms with Gasteiger partial charge >= 0.3 is 0 Å². The number of aromatic nitrogens is 1. The minimum absolute atomic E-state index is 0.384. The van der Waals surface area contributed by atoms with Crippen LogP contribution < -0.4 is 10.6 Å². The van der Waals surface area contributed by atoms with Crippen LogP contribution in [0.2, 0.25) is 0 Å². The molecule has 0 amide bonds. The van der Waals surface area contributed by atoms with Crippen LogP contribution in [0.25, 0.3) is 0 Å². The first-order chi connectivity index (χ1) is 7.11. The summed E-state index contributed by atoms with van der Waals surface area (Å²) in [5, 5.41) is 6.86. The fourth-order valence-corrected chi connectivity index (χ4v) is 1.39. The van der Waals surface area contributed by atoms with E-state index < -0.39 is 0 Å². The largest absolute Gasteiger partial charge is 0.360 e. The molecule has 1 heterocycles. The molecule has 1 atom stereocenters. The van der Waals surface area contributed by atoms with Crippen LogP contribution >= 0.6 is 12.2 Å². The van der Waals surface area contributed by atoms with Crippen molar-refractivity contribution < 1.29 is 0 Å². The molecule has 0 unspecified atom stereocenters. The lowest BCUT2D eigenvalue weighted by molar-refractivity contribution is 0.646. The summed E-state index contributed by atoms with van der Waals surface area (Å²) in [5.41, 5.74) is 1.17. The van der Waals surface area contributed by atoms with Crippen LogP contribution in [0.15, 0.2) is 18.3 Å². The summed E-state index contributed by atoms with van der Waals surface area (Å²) in [4.78, 5) is 4.17. The van der Waals surface area contributed by atoms with Gasteiger partial charge in [-0.25, -0.2) is 4.98 Å². The highest BCUT2D eigenvalue weighted by molar-refractivity contribution is 7.80. The Labute approximate surface area is 96.3 Å². The third-order valence-electron chi connectivity index (χ3n) is 2.15. The minimum Gasteiger partial charge on any atom is -0.360 e. The van der Waals surface area contributed by atoms with Gasteiger partial charge in [-0.2, -0.15) is 0 Å². The Morgan fingerprint density at radius 3 is 2.93 bits per heavy atom. The number of hydrogen-bond acceptors (Lipinski definition) is 2. The summed E-state index contributed by atoms with van der Waals surface area (Å²) in [7, 11) is 0. The predicted molar refractivity (Wildman–Crippen MR) is 68.1 cm³/mol. The first kappa shape index (κ1) is 11.9. The van der Waals surface area contributed by atoms with Gasteiger partial charge in [0.05, 0.1) is 0 Å². The van der Waals surface area contributed by atoms with Crippen molar-refractivity contribution in [2.75, 3.05) is 5.32 Å². The average molecular weight is 223 g/mol. The van der Waals surface area contributed by atoms with Crippen molar-refractivity contribution in [3.63, 3.8) is 0 Å². The standard InChI is InChI=1S/C11H17N3S/c1-4-9(3)13-11(15)14-10-7-8(2)5-6-12-10/h5-7,9H,4H2,1-3H3,(H2,12,13,14,15)/t9-/m0/s1. The van der Waals surface area contributed by atoms with Gasteiger partial charge in [-0.05, 0) is 50.2 Å². The number of nitrogens with one attached hydrogen (secondary N) is 2. The normalized spacial score (nSPS) is 11.9. The second-order valence-electron chi connectivity index (χ2n) is 3.63. The Kier molecular flexibility index (Phi) is 4.49. The molecular formula is C11H17N3S. The minimum atomic E-state index is 0.384. The summed E-state index contributed by atoms with van der Waals surface area (Å²) in [6.45, 7) is 6.24. The molecule has 1 aromatic heterocycles. The van der Waals surface area contributed by atoms with E-state index in [4.69, 9.17) is 12.2 Å². The smallest absolute Gasteiger partial charge is 0.172 e. The van der Waals surface area contributed by atoms with Gasteiger partial charge in [-0.3, -0.25) is 0 Å². The van der Waals surface area contributed by atoms with Crippen molar-refractivity contribution in [2.45, 2.75) is 33.2 Å². The van der Waals surface area contributed by atoms with E-state index in [1.54, 1.807) is 6.20 Å². The molecule has 0 fully saturated rings. The number of thiocarbonyl (C=S) groups is 1. The number of nitrogens with zero attached hydrogens (tertiary/aromatic N) is 1. The maximum Gasteiger partial charge on any atom is 0.172 e. The fraction of sp³-hybridized carbons (Fsp3) is 0.455. The highest BCUT2D eigenvalue weighted by Crippen LogP contribution is 2.05. The Morgan fingerprint density at radius 2 is 2.33 bits per heavy atom. The lowest BCUT2D eigenvalue weighted by Crippen LogP contribution is -2.35. The summed E-state index contributed by atoms with van der Waals surface area (Å²) < 4.78 is 0. The molecule has 0 aromatic carbocycles. The van der Waals surface area contributed by atoms with E-state index in [2.05, 4.69) is 29.5 Å². The average Bonchev–Trinajstić information content (AvgIpc) is 2.17. The number of aryl methyl sites for hydroxylation is 1. The number of pyridine rings is 1. The Bertz CT molecular complexity index is 338. The lowest BCUT2D eigenvalue weighted by Gasteiger charge is -2.14. The molecule has 0 saturated carbocycles. The summed E-state index contributed by atoms with van der Waals surface area (Å²) >= 11 is 5.16. The maximum absolute atomic E-state index is 5.16. The van der Waals surface area contributed by atoms with E-state index in [-0.39, 0.29) is 0 Å². The monoisotopic (exact) mass is 223 g/mol. The summed E-state index contributed by atoms with van der Waals surface area (Å²) in [5.74, 6) is 0.788. The molecule has 0 bridgehead atoms. The SMILES string of the molecule is CC[C@H](C)NC(=S)Nc1cc(C)ccn1. The Morgan fingerprint density at radius 1 is 1.60 bits per heavy atom. The van der Waals surface area contributed by atoms with Crippen molar-refractivity contribution in [3.05, 3.63) is 23.9 Å². The van der Waals surface area contributed by atoms with Crippen LogP contribution in [-0.4, -0.2) is 16.1 Å². The second kappa shape index (κ2) is 5.66. The predicted octanol–water partition coefficient (Wildman–Crippen LogP) is 2.47. The molecule has 0 aliphatic rings. The second-order valence-corrected chi connectivity index (χ2v) is 4.03. The van der Waals surface area contributed by atoms with Gasteiger partial charge in [0, 0.05) is 12.2 Å². The van der Waals surface area contributed by atoms with Crippen LogP contribution in [0.3, 0.4) is 0 Å². The molecule has 0 aliphatic heterocycles.